The average Bonchev–Trinajstić information content (AvgIpc) is 2.90. The Bertz CT molecular complexity index is 1080. The third-order valence-electron chi connectivity index (χ3n) is 5.46. The molecule has 29 heavy (non-hydrogen) atoms. The van der Waals surface area contributed by atoms with Crippen LogP contribution in [0.4, 0.5) is 0 Å². The van der Waals surface area contributed by atoms with Crippen LogP contribution >= 0.6 is 15.9 Å². The molecule has 1 aliphatic rings. The fourth-order valence-electron chi connectivity index (χ4n) is 3.82. The van der Waals surface area contributed by atoms with E-state index in [1.54, 1.807) is 0 Å². The van der Waals surface area contributed by atoms with Crippen LogP contribution in [0.15, 0.2) is 51.4 Å². The lowest BCUT2D eigenvalue weighted by Gasteiger charge is -2.21. The highest BCUT2D eigenvalue weighted by Gasteiger charge is 2.25. The van der Waals surface area contributed by atoms with E-state index in [2.05, 4.69) is 26.9 Å². The lowest BCUT2D eigenvalue weighted by Crippen LogP contribution is -2.35. The number of benzene rings is 2. The minimum atomic E-state index is -0.0324. The summed E-state index contributed by atoms with van der Waals surface area (Å²) in [6.07, 6.45) is 0.923. The van der Waals surface area contributed by atoms with Gasteiger partial charge in [-0.15, -0.1) is 0 Å². The molecule has 0 saturated carbocycles. The van der Waals surface area contributed by atoms with Gasteiger partial charge in [-0.25, -0.2) is 0 Å². The Hall–Kier alpha value is -2.62. The monoisotopic (exact) mass is 451 g/mol. The number of hydrogen-bond acceptors (Lipinski definition) is 4. The molecule has 0 bridgehead atoms. The predicted octanol–water partition coefficient (Wildman–Crippen LogP) is 4.72. The number of carbonyl (C=O) groups is 1. The average molecular weight is 452 g/mol. The van der Waals surface area contributed by atoms with Gasteiger partial charge in [-0.2, -0.15) is 5.26 Å². The fraction of sp³-hybridized carbons (Fsp3) is 0.304. The molecule has 0 spiro atoms. The second-order valence-corrected chi connectivity index (χ2v) is 8.34. The Morgan fingerprint density at radius 1 is 1.14 bits per heavy atom. The van der Waals surface area contributed by atoms with Gasteiger partial charge in [0, 0.05) is 48.1 Å². The van der Waals surface area contributed by atoms with Crippen molar-refractivity contribution in [3.63, 3.8) is 0 Å². The Labute approximate surface area is 178 Å². The Morgan fingerprint density at radius 2 is 1.93 bits per heavy atom. The van der Waals surface area contributed by atoms with Gasteiger partial charge in [0.1, 0.15) is 5.58 Å². The molecule has 0 aliphatic carbocycles. The SMILES string of the molecule is Cc1c(C(=O)N2CCCN(Cc3ccc(C#N)cc3)CC2)oc2ccc(Br)cc12. The minimum absolute atomic E-state index is 0.0324. The molecule has 0 unspecified atom stereocenters. The zero-order valence-corrected chi connectivity index (χ0v) is 17.9. The lowest BCUT2D eigenvalue weighted by molar-refractivity contribution is 0.0730. The quantitative estimate of drug-likeness (QED) is 0.577. The summed E-state index contributed by atoms with van der Waals surface area (Å²) >= 11 is 3.48. The summed E-state index contributed by atoms with van der Waals surface area (Å²) in [6.45, 7) is 5.93. The summed E-state index contributed by atoms with van der Waals surface area (Å²) in [7, 11) is 0. The topological polar surface area (TPSA) is 60.5 Å². The van der Waals surface area contributed by atoms with E-state index in [0.717, 1.165) is 53.6 Å². The van der Waals surface area contributed by atoms with E-state index in [9.17, 15) is 4.79 Å². The van der Waals surface area contributed by atoms with Crippen molar-refractivity contribution in [3.05, 3.63) is 69.4 Å². The molecule has 0 atom stereocenters. The lowest BCUT2D eigenvalue weighted by atomic mass is 10.1. The summed E-state index contributed by atoms with van der Waals surface area (Å²) in [5, 5.41) is 9.91. The van der Waals surface area contributed by atoms with E-state index in [1.165, 1.54) is 5.56 Å². The third kappa shape index (κ3) is 4.21. The number of rotatable bonds is 3. The van der Waals surface area contributed by atoms with Crippen molar-refractivity contribution < 1.29 is 9.21 Å². The van der Waals surface area contributed by atoms with Crippen LogP contribution in [-0.4, -0.2) is 41.9 Å². The van der Waals surface area contributed by atoms with Gasteiger partial charge in [-0.05, 0) is 49.2 Å². The minimum Gasteiger partial charge on any atom is -0.451 e. The number of furan rings is 1. The van der Waals surface area contributed by atoms with E-state index in [0.29, 0.717) is 17.9 Å². The maximum absolute atomic E-state index is 13.1. The first-order valence-corrected chi connectivity index (χ1v) is 10.5. The van der Waals surface area contributed by atoms with Gasteiger partial charge < -0.3 is 9.32 Å². The molecule has 1 aromatic heterocycles. The largest absolute Gasteiger partial charge is 0.451 e. The summed E-state index contributed by atoms with van der Waals surface area (Å²) in [5.74, 6) is 0.411. The van der Waals surface area contributed by atoms with Gasteiger partial charge in [-0.3, -0.25) is 9.69 Å². The first-order valence-electron chi connectivity index (χ1n) is 9.74. The maximum Gasteiger partial charge on any atom is 0.289 e. The van der Waals surface area contributed by atoms with E-state index in [4.69, 9.17) is 9.68 Å². The number of aryl methyl sites for hydroxylation is 1. The van der Waals surface area contributed by atoms with E-state index in [1.807, 2.05) is 54.3 Å². The van der Waals surface area contributed by atoms with Crippen LogP contribution in [0.3, 0.4) is 0 Å². The zero-order chi connectivity index (χ0) is 20.4. The maximum atomic E-state index is 13.1. The van der Waals surface area contributed by atoms with Crippen molar-refractivity contribution in [3.8, 4) is 6.07 Å². The molecule has 3 aromatic rings. The molecule has 148 valence electrons. The number of hydrogen-bond donors (Lipinski definition) is 0. The van der Waals surface area contributed by atoms with Gasteiger partial charge in [-0.1, -0.05) is 28.1 Å². The highest BCUT2D eigenvalue weighted by atomic mass is 79.9. The van der Waals surface area contributed by atoms with E-state index in [-0.39, 0.29) is 5.91 Å². The number of fused-ring (bicyclic) bond motifs is 1. The van der Waals surface area contributed by atoms with Crippen LogP contribution in [0, 0.1) is 18.3 Å². The number of nitrogens with zero attached hydrogens (tertiary/aromatic N) is 3. The second kappa shape index (κ2) is 8.40. The summed E-state index contributed by atoms with van der Waals surface area (Å²) in [6, 6.07) is 15.7. The molecule has 0 N–H and O–H groups in total. The Morgan fingerprint density at radius 3 is 2.69 bits per heavy atom. The first-order chi connectivity index (χ1) is 14.0. The van der Waals surface area contributed by atoms with Crippen molar-refractivity contribution in [1.82, 2.24) is 9.80 Å². The number of halogens is 1. The number of carbonyl (C=O) groups excluding carboxylic acids is 1. The molecule has 4 rings (SSSR count). The number of nitriles is 1. The van der Waals surface area contributed by atoms with Crippen molar-refractivity contribution in [2.75, 3.05) is 26.2 Å². The molecule has 1 saturated heterocycles. The van der Waals surface area contributed by atoms with Gasteiger partial charge >= 0.3 is 0 Å². The summed E-state index contributed by atoms with van der Waals surface area (Å²) in [4.78, 5) is 17.4. The van der Waals surface area contributed by atoms with Crippen molar-refractivity contribution in [2.45, 2.75) is 19.9 Å². The van der Waals surface area contributed by atoms with Crippen LogP contribution < -0.4 is 0 Å². The van der Waals surface area contributed by atoms with Gasteiger partial charge in [0.2, 0.25) is 0 Å². The molecule has 5 nitrogen and oxygen atoms in total. The molecule has 2 aromatic carbocycles. The van der Waals surface area contributed by atoms with Crippen molar-refractivity contribution >= 4 is 32.8 Å². The van der Waals surface area contributed by atoms with Crippen LogP contribution in [0.25, 0.3) is 11.0 Å². The van der Waals surface area contributed by atoms with E-state index >= 15 is 0 Å². The normalized spacial score (nSPS) is 15.3. The van der Waals surface area contributed by atoms with Crippen molar-refractivity contribution in [1.29, 1.82) is 5.26 Å². The molecule has 0 radical (unpaired) electrons. The van der Waals surface area contributed by atoms with Crippen LogP contribution in [0.5, 0.6) is 0 Å². The van der Waals surface area contributed by atoms with Crippen LogP contribution in [-0.2, 0) is 6.54 Å². The Balaban J connectivity index is 1.44. The van der Waals surface area contributed by atoms with Gasteiger partial charge in [0.15, 0.2) is 5.76 Å². The molecular formula is C23H22BrN3O2. The Kier molecular flexibility index (Phi) is 5.70. The molecule has 6 heteroatoms. The molecule has 1 fully saturated rings. The van der Waals surface area contributed by atoms with Crippen LogP contribution in [0.2, 0.25) is 0 Å². The highest BCUT2D eigenvalue weighted by molar-refractivity contribution is 9.10. The highest BCUT2D eigenvalue weighted by Crippen LogP contribution is 2.29. The summed E-state index contributed by atoms with van der Waals surface area (Å²) < 4.78 is 6.88. The van der Waals surface area contributed by atoms with Crippen molar-refractivity contribution in [2.24, 2.45) is 0 Å². The zero-order valence-electron chi connectivity index (χ0n) is 16.3. The van der Waals surface area contributed by atoms with Gasteiger partial charge in [0.25, 0.3) is 5.91 Å². The van der Waals surface area contributed by atoms with Crippen LogP contribution in [0.1, 0.15) is 33.7 Å². The fourth-order valence-corrected chi connectivity index (χ4v) is 4.18. The van der Waals surface area contributed by atoms with Gasteiger partial charge in [0.05, 0.1) is 11.6 Å². The molecule has 2 heterocycles. The predicted molar refractivity (Wildman–Crippen MR) is 116 cm³/mol. The molecular weight excluding hydrogens is 430 g/mol. The molecule has 1 amide bonds. The third-order valence-corrected chi connectivity index (χ3v) is 5.95. The van der Waals surface area contributed by atoms with E-state index < -0.39 is 0 Å². The summed E-state index contributed by atoms with van der Waals surface area (Å²) in [5.41, 5.74) is 3.49. The standard InChI is InChI=1S/C23H22BrN3O2/c1-16-20-13-19(24)7-8-21(20)29-22(16)23(28)27-10-2-9-26(11-12-27)15-18-5-3-17(14-25)4-6-18/h3-8,13H,2,9-12,15H2,1H3. The second-order valence-electron chi connectivity index (χ2n) is 7.43. The molecule has 1 aliphatic heterocycles. The smallest absolute Gasteiger partial charge is 0.289 e. The first kappa shape index (κ1) is 19.7. The number of amides is 1.